The number of nitrogens with one attached hydrogen (secondary N) is 1. The van der Waals surface area contributed by atoms with Gasteiger partial charge < -0.3 is 0 Å². The Balaban J connectivity index is 2.79. The van der Waals surface area contributed by atoms with Crippen LogP contribution >= 0.6 is 11.6 Å². The van der Waals surface area contributed by atoms with Gasteiger partial charge in [-0.2, -0.15) is 0 Å². The van der Waals surface area contributed by atoms with Crippen LogP contribution in [0.15, 0.2) is 17.3 Å². The van der Waals surface area contributed by atoms with Gasteiger partial charge in [-0.1, -0.05) is 0 Å². The highest BCUT2D eigenvalue weighted by Gasteiger charge is 2.13. The molecule has 5 nitrogen and oxygen atoms in total. The number of halogens is 1. The molecule has 0 unspecified atom stereocenters. The Labute approximate surface area is 92.9 Å². The van der Waals surface area contributed by atoms with Crippen LogP contribution in [0.4, 0.5) is 0 Å². The summed E-state index contributed by atoms with van der Waals surface area (Å²) in [5.74, 6) is 2.32. The van der Waals surface area contributed by atoms with Crippen molar-refractivity contribution >= 4 is 21.6 Å². The average Bonchev–Trinajstić information content (AvgIpc) is 2.18. The van der Waals surface area contributed by atoms with Gasteiger partial charge in [0.2, 0.25) is 15.3 Å². The van der Waals surface area contributed by atoms with Crippen molar-refractivity contribution in [2.24, 2.45) is 0 Å². The molecule has 0 bridgehead atoms. The van der Waals surface area contributed by atoms with Gasteiger partial charge in [0.1, 0.15) is 4.90 Å². The minimum atomic E-state index is -3.58. The van der Waals surface area contributed by atoms with E-state index < -0.39 is 10.0 Å². The molecule has 1 rings (SSSR count). The van der Waals surface area contributed by atoms with Gasteiger partial charge in [0.15, 0.2) is 0 Å². The molecule has 0 amide bonds. The van der Waals surface area contributed by atoms with E-state index in [1.54, 1.807) is 0 Å². The summed E-state index contributed by atoms with van der Waals surface area (Å²) in [4.78, 5) is 7.10. The number of terminal acetylenes is 1. The zero-order valence-electron chi connectivity index (χ0n) is 7.64. The molecule has 7 heteroatoms. The van der Waals surface area contributed by atoms with Gasteiger partial charge >= 0.3 is 0 Å². The quantitative estimate of drug-likeness (QED) is 0.474. The highest BCUT2D eigenvalue weighted by Crippen LogP contribution is 2.06. The fraction of sp³-hybridized carbons (Fsp3) is 0.250. The van der Waals surface area contributed by atoms with Crippen molar-refractivity contribution in [3.63, 3.8) is 0 Å². The minimum absolute atomic E-state index is 0.00225. The van der Waals surface area contributed by atoms with Crippen LogP contribution in [-0.2, 0) is 10.0 Å². The summed E-state index contributed by atoms with van der Waals surface area (Å²) in [5, 5.41) is -0.00225. The SMILES string of the molecule is C#CCCNS(=O)(=O)c1cnc(Cl)nc1. The highest BCUT2D eigenvalue weighted by atomic mass is 35.5. The van der Waals surface area contributed by atoms with Crippen molar-refractivity contribution in [2.45, 2.75) is 11.3 Å². The summed E-state index contributed by atoms with van der Waals surface area (Å²) >= 11 is 5.42. The lowest BCUT2D eigenvalue weighted by atomic mass is 10.5. The first kappa shape index (κ1) is 11.9. The molecule has 1 heterocycles. The van der Waals surface area contributed by atoms with Gasteiger partial charge in [0, 0.05) is 13.0 Å². The third-order valence-electron chi connectivity index (χ3n) is 1.47. The van der Waals surface area contributed by atoms with Gasteiger partial charge in [-0.25, -0.2) is 23.1 Å². The summed E-state index contributed by atoms with van der Waals surface area (Å²) in [6.45, 7) is 0.182. The third-order valence-corrected chi connectivity index (χ3v) is 3.08. The zero-order valence-corrected chi connectivity index (χ0v) is 9.22. The molecular formula is C8H8ClN3O2S. The first-order chi connectivity index (χ1) is 7.06. The van der Waals surface area contributed by atoms with Crippen LogP contribution < -0.4 is 4.72 Å². The third kappa shape index (κ3) is 3.47. The Morgan fingerprint density at radius 3 is 2.60 bits per heavy atom. The van der Waals surface area contributed by atoms with Crippen molar-refractivity contribution in [1.82, 2.24) is 14.7 Å². The summed E-state index contributed by atoms with van der Waals surface area (Å²) in [6.07, 6.45) is 7.58. The molecule has 0 atom stereocenters. The number of rotatable bonds is 4. The molecule has 0 fully saturated rings. The van der Waals surface area contributed by atoms with E-state index in [0.29, 0.717) is 6.42 Å². The van der Waals surface area contributed by atoms with E-state index >= 15 is 0 Å². The van der Waals surface area contributed by atoms with E-state index in [-0.39, 0.29) is 16.7 Å². The normalized spacial score (nSPS) is 10.9. The molecule has 1 N–H and O–H groups in total. The number of hydrogen-bond donors (Lipinski definition) is 1. The van der Waals surface area contributed by atoms with E-state index in [2.05, 4.69) is 20.6 Å². The molecule has 0 spiro atoms. The predicted molar refractivity (Wildman–Crippen MR) is 55.7 cm³/mol. The number of hydrogen-bond acceptors (Lipinski definition) is 4. The topological polar surface area (TPSA) is 72.0 Å². The van der Waals surface area contributed by atoms with E-state index in [0.717, 1.165) is 12.4 Å². The Hall–Kier alpha value is -1.16. The van der Waals surface area contributed by atoms with Gasteiger partial charge in [-0.05, 0) is 11.6 Å². The predicted octanol–water partition coefficient (Wildman–Crippen LogP) is 0.432. The maximum atomic E-state index is 11.5. The van der Waals surface area contributed by atoms with Gasteiger partial charge in [0.05, 0.1) is 12.4 Å². The maximum Gasteiger partial charge on any atom is 0.243 e. The molecule has 0 aliphatic carbocycles. The Kier molecular flexibility index (Phi) is 4.03. The van der Waals surface area contributed by atoms with E-state index in [4.69, 9.17) is 18.0 Å². The lowest BCUT2D eigenvalue weighted by Crippen LogP contribution is -2.24. The summed E-state index contributed by atoms with van der Waals surface area (Å²) in [7, 11) is -3.58. The molecular weight excluding hydrogens is 238 g/mol. The van der Waals surface area contributed by atoms with Crippen molar-refractivity contribution in [3.8, 4) is 12.3 Å². The van der Waals surface area contributed by atoms with Crippen molar-refractivity contribution in [1.29, 1.82) is 0 Å². The van der Waals surface area contributed by atoms with Crippen molar-refractivity contribution in [3.05, 3.63) is 17.7 Å². The Morgan fingerprint density at radius 1 is 1.47 bits per heavy atom. The monoisotopic (exact) mass is 245 g/mol. The van der Waals surface area contributed by atoms with E-state index in [1.165, 1.54) is 0 Å². The van der Waals surface area contributed by atoms with Crippen LogP contribution in [0.2, 0.25) is 5.28 Å². The smallest absolute Gasteiger partial charge is 0.225 e. The van der Waals surface area contributed by atoms with Crippen LogP contribution in [0, 0.1) is 12.3 Å². The summed E-state index contributed by atoms with van der Waals surface area (Å²) in [6, 6.07) is 0. The summed E-state index contributed by atoms with van der Waals surface area (Å²) < 4.78 is 25.3. The van der Waals surface area contributed by atoms with Crippen LogP contribution in [-0.4, -0.2) is 24.9 Å². The minimum Gasteiger partial charge on any atom is -0.225 e. The number of nitrogens with zero attached hydrogens (tertiary/aromatic N) is 2. The first-order valence-corrected chi connectivity index (χ1v) is 5.83. The second kappa shape index (κ2) is 5.07. The van der Waals surface area contributed by atoms with Gasteiger partial charge in [0.25, 0.3) is 0 Å². The largest absolute Gasteiger partial charge is 0.243 e. The first-order valence-electron chi connectivity index (χ1n) is 3.97. The average molecular weight is 246 g/mol. The lowest BCUT2D eigenvalue weighted by Gasteiger charge is -2.03. The summed E-state index contributed by atoms with van der Waals surface area (Å²) in [5.41, 5.74) is 0. The van der Waals surface area contributed by atoms with Crippen LogP contribution in [0.25, 0.3) is 0 Å². The molecule has 0 radical (unpaired) electrons. The molecule has 15 heavy (non-hydrogen) atoms. The fourth-order valence-corrected chi connectivity index (χ4v) is 1.80. The van der Waals surface area contributed by atoms with Crippen LogP contribution in [0.1, 0.15) is 6.42 Å². The number of aromatic nitrogens is 2. The Bertz CT molecular complexity index is 464. The Morgan fingerprint density at radius 2 is 2.07 bits per heavy atom. The zero-order chi connectivity index (χ0) is 11.3. The molecule has 1 aromatic heterocycles. The highest BCUT2D eigenvalue weighted by molar-refractivity contribution is 7.89. The number of sulfonamides is 1. The molecule has 1 aromatic rings. The molecule has 0 saturated carbocycles. The van der Waals surface area contributed by atoms with Crippen molar-refractivity contribution in [2.75, 3.05) is 6.54 Å². The van der Waals surface area contributed by atoms with Gasteiger partial charge in [-0.15, -0.1) is 12.3 Å². The van der Waals surface area contributed by atoms with Crippen LogP contribution in [0.3, 0.4) is 0 Å². The molecule has 0 aromatic carbocycles. The fourth-order valence-electron chi connectivity index (χ4n) is 0.780. The second-order valence-corrected chi connectivity index (χ2v) is 4.64. The molecule has 0 saturated heterocycles. The van der Waals surface area contributed by atoms with E-state index in [1.807, 2.05) is 0 Å². The van der Waals surface area contributed by atoms with Gasteiger partial charge in [-0.3, -0.25) is 0 Å². The molecule has 0 aliphatic rings. The lowest BCUT2D eigenvalue weighted by molar-refractivity contribution is 0.581. The molecule has 80 valence electrons. The maximum absolute atomic E-state index is 11.5. The molecule has 0 aliphatic heterocycles. The standard InChI is InChI=1S/C8H8ClN3O2S/c1-2-3-4-12-15(13,14)7-5-10-8(9)11-6-7/h1,5-6,12H,3-4H2. The second-order valence-electron chi connectivity index (χ2n) is 2.54. The van der Waals surface area contributed by atoms with E-state index in [9.17, 15) is 8.42 Å². The van der Waals surface area contributed by atoms with Crippen LogP contribution in [0.5, 0.6) is 0 Å². The van der Waals surface area contributed by atoms with Crippen molar-refractivity contribution < 1.29 is 8.42 Å².